The summed E-state index contributed by atoms with van der Waals surface area (Å²) in [5.74, 6) is -0.879. The fourth-order valence-corrected chi connectivity index (χ4v) is 4.66. The lowest BCUT2D eigenvalue weighted by Crippen LogP contribution is -2.36. The average Bonchev–Trinajstić information content (AvgIpc) is 2.67. The molecule has 2 aromatic carbocycles. The quantitative estimate of drug-likeness (QED) is 0.795. The Balaban J connectivity index is 1.78. The number of amides is 1. The van der Waals surface area contributed by atoms with Crippen molar-refractivity contribution >= 4 is 27.7 Å². The molecule has 1 aliphatic rings. The summed E-state index contributed by atoms with van der Waals surface area (Å²) in [5, 5.41) is 2.62. The number of carbonyl (C=O) groups is 1. The minimum atomic E-state index is -3.67. The maximum Gasteiger partial charge on any atom is 0.248 e. The largest absolute Gasteiger partial charge is 0.321 e. The molecule has 7 heteroatoms. The van der Waals surface area contributed by atoms with Gasteiger partial charge in [0.25, 0.3) is 0 Å². The number of anilines is 1. The molecule has 0 aliphatic carbocycles. The van der Waals surface area contributed by atoms with Crippen molar-refractivity contribution in [3.63, 3.8) is 0 Å². The van der Waals surface area contributed by atoms with Crippen molar-refractivity contribution in [1.29, 1.82) is 0 Å². The van der Waals surface area contributed by atoms with E-state index < -0.39 is 21.7 Å². The molecule has 1 fully saturated rings. The van der Waals surface area contributed by atoms with Gasteiger partial charge in [0, 0.05) is 19.2 Å². The first-order chi connectivity index (χ1) is 13.0. The third kappa shape index (κ3) is 4.81. The van der Waals surface area contributed by atoms with E-state index in [-0.39, 0.29) is 10.6 Å². The molecule has 0 saturated carbocycles. The molecule has 1 aliphatic heterocycles. The van der Waals surface area contributed by atoms with Gasteiger partial charge in [-0.3, -0.25) is 4.79 Å². The third-order valence-corrected chi connectivity index (χ3v) is 6.31. The normalized spacial score (nSPS) is 15.7. The SMILES string of the molecule is O=C(/C=C/c1cccc(F)c1)Nc1ccccc1S(=O)(=O)N1CCCCC1. The number of nitrogens with zero attached hydrogens (tertiary/aromatic N) is 1. The van der Waals surface area contributed by atoms with Crippen molar-refractivity contribution in [2.24, 2.45) is 0 Å². The van der Waals surface area contributed by atoms with Crippen LogP contribution >= 0.6 is 0 Å². The van der Waals surface area contributed by atoms with Crippen molar-refractivity contribution in [2.75, 3.05) is 18.4 Å². The van der Waals surface area contributed by atoms with E-state index >= 15 is 0 Å². The highest BCUT2D eigenvalue weighted by atomic mass is 32.2. The van der Waals surface area contributed by atoms with Gasteiger partial charge in [-0.1, -0.05) is 30.7 Å². The molecule has 1 amide bonds. The molecule has 5 nitrogen and oxygen atoms in total. The van der Waals surface area contributed by atoms with Gasteiger partial charge in [0.05, 0.1) is 5.69 Å². The molecule has 0 atom stereocenters. The van der Waals surface area contributed by atoms with Gasteiger partial charge in [-0.05, 0) is 48.7 Å². The Morgan fingerprint density at radius 2 is 1.78 bits per heavy atom. The zero-order valence-corrected chi connectivity index (χ0v) is 15.6. The zero-order chi connectivity index (χ0) is 19.3. The van der Waals surface area contributed by atoms with Gasteiger partial charge >= 0.3 is 0 Å². The van der Waals surface area contributed by atoms with Gasteiger partial charge in [0.15, 0.2) is 0 Å². The van der Waals surface area contributed by atoms with Crippen molar-refractivity contribution in [1.82, 2.24) is 4.31 Å². The maximum absolute atomic E-state index is 13.2. The maximum atomic E-state index is 13.2. The number of para-hydroxylation sites is 1. The highest BCUT2D eigenvalue weighted by molar-refractivity contribution is 7.89. The third-order valence-electron chi connectivity index (χ3n) is 4.35. The first-order valence-corrected chi connectivity index (χ1v) is 10.2. The number of rotatable bonds is 5. The summed E-state index contributed by atoms with van der Waals surface area (Å²) in [7, 11) is -3.67. The molecule has 142 valence electrons. The van der Waals surface area contributed by atoms with E-state index in [0.717, 1.165) is 19.3 Å². The second-order valence-electron chi connectivity index (χ2n) is 6.34. The standard InChI is InChI=1S/C20H21FN2O3S/c21-17-8-6-7-16(15-17)11-12-20(24)22-18-9-2-3-10-19(18)27(25,26)23-13-4-1-5-14-23/h2-3,6-12,15H,1,4-5,13-14H2,(H,22,24)/b12-11+. The van der Waals surface area contributed by atoms with E-state index in [0.29, 0.717) is 18.7 Å². The van der Waals surface area contributed by atoms with Crippen molar-refractivity contribution in [3.8, 4) is 0 Å². The minimum absolute atomic E-state index is 0.0828. The van der Waals surface area contributed by atoms with Gasteiger partial charge in [-0.25, -0.2) is 12.8 Å². The Bertz CT molecular complexity index is 951. The molecule has 0 unspecified atom stereocenters. The lowest BCUT2D eigenvalue weighted by atomic mass is 10.2. The van der Waals surface area contributed by atoms with E-state index in [1.807, 2.05) is 0 Å². The lowest BCUT2D eigenvalue weighted by Gasteiger charge is -2.26. The molecule has 2 aromatic rings. The number of nitrogens with one attached hydrogen (secondary N) is 1. The van der Waals surface area contributed by atoms with E-state index in [1.54, 1.807) is 30.3 Å². The average molecular weight is 388 g/mol. The van der Waals surface area contributed by atoms with Crippen LogP contribution in [0.4, 0.5) is 10.1 Å². The Hall–Kier alpha value is -2.51. The Morgan fingerprint density at radius 1 is 1.04 bits per heavy atom. The molecule has 1 N–H and O–H groups in total. The number of carbonyl (C=O) groups excluding carboxylic acids is 1. The molecule has 3 rings (SSSR count). The van der Waals surface area contributed by atoms with E-state index in [4.69, 9.17) is 0 Å². The fourth-order valence-electron chi connectivity index (χ4n) is 3.00. The summed E-state index contributed by atoms with van der Waals surface area (Å²) < 4.78 is 40.5. The molecule has 1 heterocycles. The van der Waals surface area contributed by atoms with Crippen LogP contribution in [0.3, 0.4) is 0 Å². The predicted octanol–water partition coefficient (Wildman–Crippen LogP) is 3.65. The van der Waals surface area contributed by atoms with Crippen LogP contribution in [0.5, 0.6) is 0 Å². The Labute approximate surface area is 158 Å². The first kappa shape index (κ1) is 19.3. The number of hydrogen-bond acceptors (Lipinski definition) is 3. The highest BCUT2D eigenvalue weighted by Gasteiger charge is 2.28. The fraction of sp³-hybridized carbons (Fsp3) is 0.250. The molecule has 0 spiro atoms. The van der Waals surface area contributed by atoms with Crippen molar-refractivity contribution in [2.45, 2.75) is 24.2 Å². The number of sulfonamides is 1. The van der Waals surface area contributed by atoms with Gasteiger partial charge in [0.2, 0.25) is 15.9 Å². The smallest absolute Gasteiger partial charge is 0.248 e. The lowest BCUT2D eigenvalue weighted by molar-refractivity contribution is -0.111. The summed E-state index contributed by atoms with van der Waals surface area (Å²) in [6.45, 7) is 0.980. The first-order valence-electron chi connectivity index (χ1n) is 8.80. The summed E-state index contributed by atoms with van der Waals surface area (Å²) in [6.07, 6.45) is 5.42. The Morgan fingerprint density at radius 3 is 2.52 bits per heavy atom. The molecular formula is C20H21FN2O3S. The van der Waals surface area contributed by atoms with Crippen LogP contribution in [-0.2, 0) is 14.8 Å². The molecule has 0 aromatic heterocycles. The van der Waals surface area contributed by atoms with Crippen LogP contribution in [0.15, 0.2) is 59.5 Å². The monoisotopic (exact) mass is 388 g/mol. The number of hydrogen-bond donors (Lipinski definition) is 1. The topological polar surface area (TPSA) is 66.5 Å². The van der Waals surface area contributed by atoms with E-state index in [9.17, 15) is 17.6 Å². The minimum Gasteiger partial charge on any atom is -0.321 e. The molecule has 0 radical (unpaired) electrons. The van der Waals surface area contributed by atoms with Crippen LogP contribution in [-0.4, -0.2) is 31.7 Å². The van der Waals surface area contributed by atoms with E-state index in [2.05, 4.69) is 5.32 Å². The second-order valence-corrected chi connectivity index (χ2v) is 8.24. The van der Waals surface area contributed by atoms with Crippen LogP contribution < -0.4 is 5.32 Å². The molecule has 0 bridgehead atoms. The van der Waals surface area contributed by atoms with Gasteiger partial charge in [0.1, 0.15) is 10.7 Å². The van der Waals surface area contributed by atoms with Crippen molar-refractivity contribution < 1.29 is 17.6 Å². The van der Waals surface area contributed by atoms with Gasteiger partial charge < -0.3 is 5.32 Å². The van der Waals surface area contributed by atoms with Crippen molar-refractivity contribution in [3.05, 3.63) is 66.0 Å². The van der Waals surface area contributed by atoms with Gasteiger partial charge in [-0.2, -0.15) is 4.31 Å². The van der Waals surface area contributed by atoms with Crippen LogP contribution in [0.1, 0.15) is 24.8 Å². The van der Waals surface area contributed by atoms with Gasteiger partial charge in [-0.15, -0.1) is 0 Å². The summed E-state index contributed by atoms with van der Waals surface area (Å²) in [5.41, 5.74) is 0.774. The highest BCUT2D eigenvalue weighted by Crippen LogP contribution is 2.26. The predicted molar refractivity (Wildman–Crippen MR) is 103 cm³/mol. The number of benzene rings is 2. The van der Waals surface area contributed by atoms with E-state index in [1.165, 1.54) is 34.7 Å². The Kier molecular flexibility index (Phi) is 6.03. The molecule has 27 heavy (non-hydrogen) atoms. The summed E-state index contributed by atoms with van der Waals surface area (Å²) in [6, 6.07) is 12.2. The zero-order valence-electron chi connectivity index (χ0n) is 14.8. The van der Waals surface area contributed by atoms with Crippen LogP contribution in [0.2, 0.25) is 0 Å². The second kappa shape index (κ2) is 8.45. The molecule has 1 saturated heterocycles. The molecular weight excluding hydrogens is 367 g/mol. The van der Waals surface area contributed by atoms with Crippen LogP contribution in [0.25, 0.3) is 6.08 Å². The summed E-state index contributed by atoms with van der Waals surface area (Å²) >= 11 is 0. The summed E-state index contributed by atoms with van der Waals surface area (Å²) in [4.78, 5) is 12.3. The number of halogens is 1. The van der Waals surface area contributed by atoms with Crippen LogP contribution in [0, 0.1) is 5.82 Å². The number of piperidine rings is 1.